The van der Waals surface area contributed by atoms with Crippen LogP contribution in [0, 0.1) is 0 Å². The molecule has 1 aliphatic rings. The maximum atomic E-state index is 12.2. The third-order valence-electron chi connectivity index (χ3n) is 4.17. The molecule has 0 aromatic rings. The molecule has 138 valence electrons. The summed E-state index contributed by atoms with van der Waals surface area (Å²) in [6.45, 7) is 10.5. The van der Waals surface area contributed by atoms with Gasteiger partial charge in [-0.05, 0) is 40.0 Å². The molecule has 1 aliphatic heterocycles. The van der Waals surface area contributed by atoms with E-state index >= 15 is 0 Å². The van der Waals surface area contributed by atoms with Crippen LogP contribution in [0.4, 0.5) is 0 Å². The number of nitrogens with zero attached hydrogens (tertiary/aromatic N) is 3. The highest BCUT2D eigenvalue weighted by molar-refractivity contribution is 5.85. The molecule has 0 aliphatic carbocycles. The summed E-state index contributed by atoms with van der Waals surface area (Å²) in [5, 5.41) is 6.25. The summed E-state index contributed by atoms with van der Waals surface area (Å²) < 4.78 is 0. The predicted molar refractivity (Wildman–Crippen MR) is 97.0 cm³/mol. The Bertz CT molecular complexity index is 415. The van der Waals surface area contributed by atoms with Crippen LogP contribution in [0.3, 0.4) is 0 Å². The van der Waals surface area contributed by atoms with Crippen molar-refractivity contribution in [3.63, 3.8) is 0 Å². The van der Waals surface area contributed by atoms with Crippen molar-refractivity contribution in [1.82, 2.24) is 20.4 Å². The topological polar surface area (TPSA) is 77.0 Å². The Hall–Kier alpha value is -1.79. The van der Waals surface area contributed by atoms with E-state index in [9.17, 15) is 9.59 Å². The van der Waals surface area contributed by atoms with E-state index in [4.69, 9.17) is 0 Å². The van der Waals surface area contributed by atoms with Crippen molar-refractivity contribution in [3.05, 3.63) is 0 Å². The number of guanidine groups is 1. The van der Waals surface area contributed by atoms with E-state index in [-0.39, 0.29) is 18.4 Å². The minimum Gasteiger partial charge on any atom is -0.357 e. The molecule has 0 unspecified atom stereocenters. The highest BCUT2D eigenvalue weighted by Crippen LogP contribution is 2.08. The van der Waals surface area contributed by atoms with Crippen LogP contribution in [0.2, 0.25) is 0 Å². The molecule has 0 spiro atoms. The lowest BCUT2D eigenvalue weighted by atomic mass is 10.1. The van der Waals surface area contributed by atoms with Crippen LogP contribution in [-0.2, 0) is 9.59 Å². The lowest BCUT2D eigenvalue weighted by Crippen LogP contribution is -2.41. The Labute approximate surface area is 145 Å². The number of amides is 2. The van der Waals surface area contributed by atoms with Gasteiger partial charge in [-0.25, -0.2) is 4.99 Å². The summed E-state index contributed by atoms with van der Waals surface area (Å²) in [6, 6.07) is 0. The maximum absolute atomic E-state index is 12.2. The number of aliphatic imine (C=N–C) groups is 1. The molecule has 0 aromatic heterocycles. The molecule has 0 atom stereocenters. The van der Waals surface area contributed by atoms with Gasteiger partial charge in [0.1, 0.15) is 6.54 Å². The van der Waals surface area contributed by atoms with Gasteiger partial charge in [0, 0.05) is 45.7 Å². The SMILES string of the molecule is CCNC(=NCC(=O)N1CCCCC1)NCCC(=O)N(CC)CC. The van der Waals surface area contributed by atoms with Gasteiger partial charge < -0.3 is 20.4 Å². The van der Waals surface area contributed by atoms with Crippen LogP contribution in [0.5, 0.6) is 0 Å². The zero-order chi connectivity index (χ0) is 17.8. The molecule has 0 saturated carbocycles. The fourth-order valence-electron chi connectivity index (χ4n) is 2.75. The molecule has 0 radical (unpaired) electrons. The lowest BCUT2D eigenvalue weighted by molar-refractivity contribution is -0.131. The van der Waals surface area contributed by atoms with E-state index in [0.29, 0.717) is 25.5 Å². The fraction of sp³-hybridized carbons (Fsp3) is 0.824. The van der Waals surface area contributed by atoms with Gasteiger partial charge in [0.2, 0.25) is 11.8 Å². The standard InChI is InChI=1S/C17H33N5O2/c1-4-18-17(19-11-10-15(23)21(5-2)6-3)20-14-16(24)22-12-8-7-9-13-22/h4-14H2,1-3H3,(H2,18,19,20). The highest BCUT2D eigenvalue weighted by Gasteiger charge is 2.16. The van der Waals surface area contributed by atoms with Crippen LogP contribution in [0.25, 0.3) is 0 Å². The first-order chi connectivity index (χ1) is 11.6. The molecule has 0 aromatic carbocycles. The molecule has 2 amide bonds. The zero-order valence-corrected chi connectivity index (χ0v) is 15.4. The number of carbonyl (C=O) groups is 2. The summed E-state index contributed by atoms with van der Waals surface area (Å²) in [7, 11) is 0. The lowest BCUT2D eigenvalue weighted by Gasteiger charge is -2.26. The van der Waals surface area contributed by atoms with Gasteiger partial charge in [-0.1, -0.05) is 0 Å². The quantitative estimate of drug-likeness (QED) is 0.507. The molecule has 1 fully saturated rings. The number of carbonyl (C=O) groups excluding carboxylic acids is 2. The van der Waals surface area contributed by atoms with Crippen molar-refractivity contribution in [1.29, 1.82) is 0 Å². The van der Waals surface area contributed by atoms with Crippen molar-refractivity contribution >= 4 is 17.8 Å². The molecule has 7 nitrogen and oxygen atoms in total. The summed E-state index contributed by atoms with van der Waals surface area (Å²) in [5.74, 6) is 0.800. The van der Waals surface area contributed by atoms with Gasteiger partial charge >= 0.3 is 0 Å². The van der Waals surface area contributed by atoms with Crippen LogP contribution in [-0.4, -0.2) is 73.4 Å². The first-order valence-corrected chi connectivity index (χ1v) is 9.20. The molecule has 1 saturated heterocycles. The van der Waals surface area contributed by atoms with Gasteiger partial charge in [-0.3, -0.25) is 9.59 Å². The Balaban J connectivity index is 2.41. The van der Waals surface area contributed by atoms with Gasteiger partial charge in [-0.15, -0.1) is 0 Å². The molecule has 2 N–H and O–H groups in total. The van der Waals surface area contributed by atoms with E-state index in [0.717, 1.165) is 39.0 Å². The fourth-order valence-corrected chi connectivity index (χ4v) is 2.75. The van der Waals surface area contributed by atoms with E-state index in [1.165, 1.54) is 6.42 Å². The summed E-state index contributed by atoms with van der Waals surface area (Å²) >= 11 is 0. The largest absolute Gasteiger partial charge is 0.357 e. The van der Waals surface area contributed by atoms with E-state index in [1.807, 2.05) is 30.6 Å². The zero-order valence-electron chi connectivity index (χ0n) is 15.4. The minimum absolute atomic E-state index is 0.0751. The second kappa shape index (κ2) is 11.7. The number of likely N-dealkylation sites (tertiary alicyclic amines) is 1. The monoisotopic (exact) mass is 339 g/mol. The van der Waals surface area contributed by atoms with Gasteiger partial charge in [-0.2, -0.15) is 0 Å². The molecule has 1 rings (SSSR count). The molecular weight excluding hydrogens is 306 g/mol. The Kier molecular flexibility index (Phi) is 9.88. The van der Waals surface area contributed by atoms with Crippen molar-refractivity contribution in [3.8, 4) is 0 Å². The highest BCUT2D eigenvalue weighted by atomic mass is 16.2. The second-order valence-corrected chi connectivity index (χ2v) is 5.88. The van der Waals surface area contributed by atoms with Crippen molar-refractivity contribution < 1.29 is 9.59 Å². The van der Waals surface area contributed by atoms with Crippen LogP contribution in [0.15, 0.2) is 4.99 Å². The van der Waals surface area contributed by atoms with Crippen LogP contribution >= 0.6 is 0 Å². The van der Waals surface area contributed by atoms with E-state index in [1.54, 1.807) is 0 Å². The van der Waals surface area contributed by atoms with E-state index in [2.05, 4.69) is 15.6 Å². The predicted octanol–water partition coefficient (Wildman–Crippen LogP) is 0.813. The molecule has 1 heterocycles. The molecule has 0 bridgehead atoms. The van der Waals surface area contributed by atoms with Gasteiger partial charge in [0.05, 0.1) is 0 Å². The van der Waals surface area contributed by atoms with Crippen molar-refractivity contribution in [2.75, 3.05) is 45.8 Å². The number of rotatable bonds is 8. The van der Waals surface area contributed by atoms with Gasteiger partial charge in [0.15, 0.2) is 5.96 Å². The summed E-state index contributed by atoms with van der Waals surface area (Å²) in [4.78, 5) is 32.2. The molecule has 24 heavy (non-hydrogen) atoms. The van der Waals surface area contributed by atoms with Crippen molar-refractivity contribution in [2.24, 2.45) is 4.99 Å². The maximum Gasteiger partial charge on any atom is 0.244 e. The number of hydrogen-bond donors (Lipinski definition) is 2. The van der Waals surface area contributed by atoms with E-state index < -0.39 is 0 Å². The first kappa shape index (κ1) is 20.3. The third-order valence-corrected chi connectivity index (χ3v) is 4.17. The average Bonchev–Trinajstić information content (AvgIpc) is 2.61. The average molecular weight is 339 g/mol. The van der Waals surface area contributed by atoms with Crippen molar-refractivity contribution in [2.45, 2.75) is 46.5 Å². The Morgan fingerprint density at radius 3 is 2.29 bits per heavy atom. The normalized spacial score (nSPS) is 15.1. The van der Waals surface area contributed by atoms with Crippen LogP contribution < -0.4 is 10.6 Å². The number of piperidine rings is 1. The third kappa shape index (κ3) is 7.19. The number of nitrogens with one attached hydrogen (secondary N) is 2. The molecule has 7 heteroatoms. The molecular formula is C17H33N5O2. The Morgan fingerprint density at radius 2 is 1.71 bits per heavy atom. The summed E-state index contributed by atoms with van der Waals surface area (Å²) in [6.07, 6.45) is 3.80. The second-order valence-electron chi connectivity index (χ2n) is 5.88. The van der Waals surface area contributed by atoms with Gasteiger partial charge in [0.25, 0.3) is 0 Å². The minimum atomic E-state index is 0.0751. The smallest absolute Gasteiger partial charge is 0.244 e. The number of hydrogen-bond acceptors (Lipinski definition) is 3. The Morgan fingerprint density at radius 1 is 1.04 bits per heavy atom. The first-order valence-electron chi connectivity index (χ1n) is 9.20. The summed E-state index contributed by atoms with van der Waals surface area (Å²) in [5.41, 5.74) is 0. The van der Waals surface area contributed by atoms with Crippen LogP contribution in [0.1, 0.15) is 46.5 Å².